The lowest BCUT2D eigenvalue weighted by Gasteiger charge is -2.26. The maximum Gasteiger partial charge on any atom is 0.296 e. The smallest absolute Gasteiger partial charge is 0.296 e. The summed E-state index contributed by atoms with van der Waals surface area (Å²) in [6.45, 7) is 0.0546. The molecule has 8 heteroatoms. The van der Waals surface area contributed by atoms with Crippen molar-refractivity contribution in [3.63, 3.8) is 0 Å². The van der Waals surface area contributed by atoms with Gasteiger partial charge in [0.05, 0.1) is 45.2 Å². The standard InChI is InChI=1S/C30H26N2O6/c1-36-23-15-19(16-24(37-2)29(23)38-3)26-25(27(33)22-13-8-10-18-9-4-5-12-21(18)22)28(34)30(35)32(26)17-20-11-6-7-14-31-20/h4-16,26,33H,17H2,1-3H3/b27-25+. The number of hydrogen-bond acceptors (Lipinski definition) is 7. The molecule has 0 spiro atoms. The molecule has 2 heterocycles. The van der Waals surface area contributed by atoms with Gasteiger partial charge in [0.2, 0.25) is 5.75 Å². The Morgan fingerprint density at radius 2 is 1.58 bits per heavy atom. The molecule has 1 atom stereocenters. The third kappa shape index (κ3) is 4.20. The van der Waals surface area contributed by atoms with Gasteiger partial charge < -0.3 is 24.2 Å². The average molecular weight is 511 g/mol. The van der Waals surface area contributed by atoms with Crippen LogP contribution in [-0.2, 0) is 16.1 Å². The zero-order chi connectivity index (χ0) is 26.8. The van der Waals surface area contributed by atoms with E-state index in [9.17, 15) is 14.7 Å². The fraction of sp³-hybridized carbons (Fsp3) is 0.167. The van der Waals surface area contributed by atoms with Gasteiger partial charge in [-0.15, -0.1) is 0 Å². The largest absolute Gasteiger partial charge is 0.507 e. The SMILES string of the molecule is COc1cc(C2/C(=C(\O)c3cccc4ccccc34)C(=O)C(=O)N2Cc2ccccn2)cc(OC)c1OC. The Balaban J connectivity index is 1.76. The van der Waals surface area contributed by atoms with Gasteiger partial charge >= 0.3 is 0 Å². The Morgan fingerprint density at radius 3 is 2.24 bits per heavy atom. The second kappa shape index (κ2) is 10.3. The molecular formula is C30H26N2O6. The maximum absolute atomic E-state index is 13.6. The van der Waals surface area contributed by atoms with Crippen LogP contribution in [0, 0.1) is 0 Å². The number of Topliss-reactive ketones (excluding diaryl/α,β-unsaturated/α-hetero) is 1. The van der Waals surface area contributed by atoms with Crippen molar-refractivity contribution >= 4 is 28.2 Å². The van der Waals surface area contributed by atoms with Gasteiger partial charge in [0.25, 0.3) is 11.7 Å². The summed E-state index contributed by atoms with van der Waals surface area (Å²) in [5, 5.41) is 13.3. The van der Waals surface area contributed by atoms with E-state index in [1.54, 1.807) is 42.6 Å². The van der Waals surface area contributed by atoms with Crippen LogP contribution in [-0.4, -0.2) is 48.0 Å². The van der Waals surface area contributed by atoms with E-state index in [0.29, 0.717) is 34.1 Å². The fourth-order valence-electron chi connectivity index (χ4n) is 4.89. The van der Waals surface area contributed by atoms with Crippen molar-refractivity contribution in [2.45, 2.75) is 12.6 Å². The van der Waals surface area contributed by atoms with Gasteiger partial charge in [0.15, 0.2) is 11.5 Å². The number of rotatable bonds is 7. The summed E-state index contributed by atoms with van der Waals surface area (Å²) in [6.07, 6.45) is 1.62. The number of amides is 1. The molecule has 1 amide bonds. The molecule has 0 saturated carbocycles. The van der Waals surface area contributed by atoms with E-state index in [2.05, 4.69) is 4.98 Å². The molecule has 192 valence electrons. The van der Waals surface area contributed by atoms with E-state index < -0.39 is 17.7 Å². The second-order valence-electron chi connectivity index (χ2n) is 8.73. The van der Waals surface area contributed by atoms with Gasteiger partial charge in [-0.1, -0.05) is 48.5 Å². The number of benzene rings is 3. The average Bonchev–Trinajstić information content (AvgIpc) is 3.21. The predicted octanol–water partition coefficient (Wildman–Crippen LogP) is 4.88. The predicted molar refractivity (Wildman–Crippen MR) is 142 cm³/mol. The Kier molecular flexibility index (Phi) is 6.70. The topological polar surface area (TPSA) is 98.2 Å². The normalized spacial score (nSPS) is 16.6. The number of aliphatic hydroxyl groups is 1. The zero-order valence-electron chi connectivity index (χ0n) is 21.2. The molecule has 3 aromatic carbocycles. The van der Waals surface area contributed by atoms with E-state index in [1.165, 1.54) is 26.2 Å². The van der Waals surface area contributed by atoms with Crippen molar-refractivity contribution in [1.82, 2.24) is 9.88 Å². The number of ketones is 1. The number of likely N-dealkylation sites (tertiary alicyclic amines) is 1. The van der Waals surface area contributed by atoms with Crippen LogP contribution in [0.2, 0.25) is 0 Å². The van der Waals surface area contributed by atoms with Crippen LogP contribution in [0.3, 0.4) is 0 Å². The number of hydrogen-bond donors (Lipinski definition) is 1. The summed E-state index contributed by atoms with van der Waals surface area (Å²) < 4.78 is 16.5. The van der Waals surface area contributed by atoms with Crippen LogP contribution in [0.25, 0.3) is 16.5 Å². The highest BCUT2D eigenvalue weighted by Gasteiger charge is 2.47. The first-order valence-corrected chi connectivity index (χ1v) is 11.9. The molecule has 5 rings (SSSR count). The lowest BCUT2D eigenvalue weighted by Crippen LogP contribution is -2.29. The number of carbonyl (C=O) groups is 2. The van der Waals surface area contributed by atoms with Gasteiger partial charge in [0.1, 0.15) is 5.76 Å². The molecule has 1 fully saturated rings. The molecule has 0 aliphatic carbocycles. The van der Waals surface area contributed by atoms with Crippen LogP contribution in [0.4, 0.5) is 0 Å². The first-order chi connectivity index (χ1) is 18.5. The van der Waals surface area contributed by atoms with Crippen LogP contribution in [0.5, 0.6) is 17.2 Å². The van der Waals surface area contributed by atoms with Crippen LogP contribution in [0.15, 0.2) is 84.6 Å². The van der Waals surface area contributed by atoms with Crippen molar-refractivity contribution < 1.29 is 28.9 Å². The summed E-state index contributed by atoms with van der Waals surface area (Å²) >= 11 is 0. The monoisotopic (exact) mass is 510 g/mol. The second-order valence-corrected chi connectivity index (χ2v) is 8.73. The third-order valence-corrected chi connectivity index (χ3v) is 6.65. The minimum absolute atomic E-state index is 0.0310. The molecular weight excluding hydrogens is 484 g/mol. The highest BCUT2D eigenvalue weighted by Crippen LogP contribution is 2.46. The Morgan fingerprint density at radius 1 is 0.895 bits per heavy atom. The molecule has 1 saturated heterocycles. The van der Waals surface area contributed by atoms with Gasteiger partial charge in [-0.2, -0.15) is 0 Å². The number of aliphatic hydroxyl groups excluding tert-OH is 1. The summed E-state index contributed by atoms with van der Waals surface area (Å²) in [7, 11) is 4.47. The number of pyridine rings is 1. The molecule has 0 bridgehead atoms. The molecule has 1 unspecified atom stereocenters. The lowest BCUT2D eigenvalue weighted by molar-refractivity contribution is -0.140. The zero-order valence-corrected chi connectivity index (χ0v) is 21.2. The first-order valence-electron chi connectivity index (χ1n) is 11.9. The summed E-state index contributed by atoms with van der Waals surface area (Å²) in [5.41, 5.74) is 1.53. The highest BCUT2D eigenvalue weighted by atomic mass is 16.5. The van der Waals surface area contributed by atoms with Crippen LogP contribution >= 0.6 is 0 Å². The third-order valence-electron chi connectivity index (χ3n) is 6.65. The van der Waals surface area contributed by atoms with Gasteiger partial charge in [0, 0.05) is 11.8 Å². The lowest BCUT2D eigenvalue weighted by atomic mass is 9.93. The van der Waals surface area contributed by atoms with Crippen molar-refractivity contribution in [1.29, 1.82) is 0 Å². The summed E-state index contributed by atoms with van der Waals surface area (Å²) in [6, 6.07) is 20.8. The number of nitrogens with zero attached hydrogens (tertiary/aromatic N) is 2. The number of ether oxygens (including phenoxy) is 3. The van der Waals surface area contributed by atoms with E-state index in [-0.39, 0.29) is 17.9 Å². The molecule has 0 radical (unpaired) electrons. The molecule has 1 N–H and O–H groups in total. The van der Waals surface area contributed by atoms with Crippen LogP contribution < -0.4 is 14.2 Å². The molecule has 1 aromatic heterocycles. The van der Waals surface area contributed by atoms with Crippen molar-refractivity contribution in [3.8, 4) is 17.2 Å². The van der Waals surface area contributed by atoms with E-state index >= 15 is 0 Å². The number of aromatic nitrogens is 1. The highest BCUT2D eigenvalue weighted by molar-refractivity contribution is 6.46. The molecule has 8 nitrogen and oxygen atoms in total. The quantitative estimate of drug-likeness (QED) is 0.215. The first kappa shape index (κ1) is 24.8. The minimum Gasteiger partial charge on any atom is -0.507 e. The van der Waals surface area contributed by atoms with Crippen molar-refractivity contribution in [2.24, 2.45) is 0 Å². The van der Waals surface area contributed by atoms with Gasteiger partial charge in [-0.3, -0.25) is 14.6 Å². The number of carbonyl (C=O) groups excluding carboxylic acids is 2. The van der Waals surface area contributed by atoms with Crippen LogP contribution in [0.1, 0.15) is 22.9 Å². The number of fused-ring (bicyclic) bond motifs is 1. The van der Waals surface area contributed by atoms with Crippen molar-refractivity contribution in [3.05, 3.63) is 101 Å². The minimum atomic E-state index is -0.940. The number of methoxy groups -OCH3 is 3. The summed E-state index contributed by atoms with van der Waals surface area (Å²) in [4.78, 5) is 32.8. The Labute approximate surface area is 219 Å². The molecule has 1 aliphatic heterocycles. The Bertz CT molecular complexity index is 1530. The molecule has 1 aliphatic rings. The van der Waals surface area contributed by atoms with E-state index in [0.717, 1.165) is 10.8 Å². The van der Waals surface area contributed by atoms with E-state index in [1.807, 2.05) is 36.4 Å². The van der Waals surface area contributed by atoms with Crippen molar-refractivity contribution in [2.75, 3.05) is 21.3 Å². The van der Waals surface area contributed by atoms with Gasteiger partial charge in [-0.25, -0.2) is 0 Å². The summed E-state index contributed by atoms with van der Waals surface area (Å²) in [5.74, 6) is -0.705. The maximum atomic E-state index is 13.6. The molecule has 4 aromatic rings. The van der Waals surface area contributed by atoms with Gasteiger partial charge in [-0.05, 0) is 40.6 Å². The van der Waals surface area contributed by atoms with E-state index in [4.69, 9.17) is 14.2 Å². The fourth-order valence-corrected chi connectivity index (χ4v) is 4.89. The molecule has 38 heavy (non-hydrogen) atoms. The Hall–Kier alpha value is -4.85.